The van der Waals surface area contributed by atoms with Gasteiger partial charge in [0.05, 0.1) is 0 Å². The Morgan fingerprint density at radius 2 is 1.76 bits per heavy atom. The van der Waals surface area contributed by atoms with Crippen LogP contribution in [0.4, 0.5) is 0 Å². The molecule has 3 nitrogen and oxygen atoms in total. The van der Waals surface area contributed by atoms with E-state index in [0.29, 0.717) is 6.61 Å². The summed E-state index contributed by atoms with van der Waals surface area (Å²) in [4.78, 5) is 2.59. The van der Waals surface area contributed by atoms with Gasteiger partial charge in [-0.3, -0.25) is 0 Å². The Hall–Kier alpha value is -0.120. The monoisotopic (exact) mass is 240 g/mol. The summed E-state index contributed by atoms with van der Waals surface area (Å²) in [5.74, 6) is 1.01. The summed E-state index contributed by atoms with van der Waals surface area (Å²) in [6, 6.07) is 0.782. The Bertz CT molecular complexity index is 198. The van der Waals surface area contributed by atoms with E-state index in [-0.39, 0.29) is 0 Å². The van der Waals surface area contributed by atoms with E-state index < -0.39 is 0 Å². The Morgan fingerprint density at radius 3 is 2.41 bits per heavy atom. The lowest BCUT2D eigenvalue weighted by atomic mass is 10.0. The third kappa shape index (κ3) is 5.36. The van der Waals surface area contributed by atoms with Gasteiger partial charge in [-0.05, 0) is 77.0 Å². The smallest absolute Gasteiger partial charge is 0.0431 e. The first-order valence-corrected chi connectivity index (χ1v) is 7.45. The molecule has 0 unspecified atom stereocenters. The molecule has 0 aromatic rings. The van der Waals surface area contributed by atoms with Gasteiger partial charge in [-0.1, -0.05) is 0 Å². The third-order valence-corrected chi connectivity index (χ3v) is 4.11. The van der Waals surface area contributed by atoms with Crippen molar-refractivity contribution in [1.29, 1.82) is 0 Å². The molecule has 0 amide bonds. The van der Waals surface area contributed by atoms with Gasteiger partial charge in [0.25, 0.3) is 0 Å². The highest BCUT2D eigenvalue weighted by Gasteiger charge is 2.24. The second kappa shape index (κ2) is 7.34. The first kappa shape index (κ1) is 13.3. The van der Waals surface area contributed by atoms with Crippen molar-refractivity contribution in [3.05, 3.63) is 0 Å². The van der Waals surface area contributed by atoms with Gasteiger partial charge in [-0.25, -0.2) is 0 Å². The van der Waals surface area contributed by atoms with Crippen molar-refractivity contribution >= 4 is 0 Å². The number of likely N-dealkylation sites (tertiary alicyclic amines) is 1. The minimum Gasteiger partial charge on any atom is -0.396 e. The highest BCUT2D eigenvalue weighted by Crippen LogP contribution is 2.28. The van der Waals surface area contributed by atoms with Crippen LogP contribution in [-0.4, -0.2) is 48.8 Å². The van der Waals surface area contributed by atoms with Gasteiger partial charge in [0, 0.05) is 12.6 Å². The SMILES string of the molecule is OCCCCCN1CCC(NCC2CC2)CC1. The maximum absolute atomic E-state index is 8.72. The van der Waals surface area contributed by atoms with Crippen LogP contribution in [0.5, 0.6) is 0 Å². The summed E-state index contributed by atoms with van der Waals surface area (Å²) in [6.45, 7) is 5.38. The summed E-state index contributed by atoms with van der Waals surface area (Å²) in [6.07, 6.45) is 8.96. The Morgan fingerprint density at radius 1 is 1.00 bits per heavy atom. The van der Waals surface area contributed by atoms with Crippen LogP contribution in [0.3, 0.4) is 0 Å². The molecule has 0 spiro atoms. The van der Waals surface area contributed by atoms with Crippen LogP contribution in [-0.2, 0) is 0 Å². The summed E-state index contributed by atoms with van der Waals surface area (Å²) in [5, 5.41) is 12.4. The van der Waals surface area contributed by atoms with Gasteiger partial charge in [-0.2, -0.15) is 0 Å². The first-order valence-electron chi connectivity index (χ1n) is 7.45. The lowest BCUT2D eigenvalue weighted by Crippen LogP contribution is -2.43. The second-order valence-corrected chi connectivity index (χ2v) is 5.75. The van der Waals surface area contributed by atoms with Crippen LogP contribution in [0.2, 0.25) is 0 Å². The van der Waals surface area contributed by atoms with Crippen LogP contribution in [0.15, 0.2) is 0 Å². The minimum atomic E-state index is 0.354. The van der Waals surface area contributed by atoms with Crippen molar-refractivity contribution in [3.8, 4) is 0 Å². The molecule has 0 aromatic heterocycles. The van der Waals surface area contributed by atoms with E-state index in [1.165, 1.54) is 64.7 Å². The average molecular weight is 240 g/mol. The van der Waals surface area contributed by atoms with Crippen molar-refractivity contribution in [2.75, 3.05) is 32.8 Å². The molecule has 17 heavy (non-hydrogen) atoms. The van der Waals surface area contributed by atoms with Crippen molar-refractivity contribution in [3.63, 3.8) is 0 Å². The third-order valence-electron chi connectivity index (χ3n) is 4.11. The normalized spacial score (nSPS) is 23.1. The summed E-state index contributed by atoms with van der Waals surface area (Å²) >= 11 is 0. The molecule has 100 valence electrons. The molecule has 2 fully saturated rings. The van der Waals surface area contributed by atoms with Gasteiger partial charge in [0.15, 0.2) is 0 Å². The van der Waals surface area contributed by atoms with E-state index in [1.807, 2.05) is 0 Å². The fourth-order valence-electron chi connectivity index (χ4n) is 2.64. The van der Waals surface area contributed by atoms with Gasteiger partial charge in [0.1, 0.15) is 0 Å². The second-order valence-electron chi connectivity index (χ2n) is 5.75. The molecule has 1 saturated carbocycles. The number of hydrogen-bond donors (Lipinski definition) is 2. The van der Waals surface area contributed by atoms with E-state index in [0.717, 1.165) is 18.4 Å². The molecule has 0 atom stereocenters. The molecule has 2 N–H and O–H groups in total. The zero-order valence-corrected chi connectivity index (χ0v) is 11.0. The number of unbranched alkanes of at least 4 members (excludes halogenated alkanes) is 2. The van der Waals surface area contributed by atoms with Crippen LogP contribution in [0.25, 0.3) is 0 Å². The average Bonchev–Trinajstić information content (AvgIpc) is 3.18. The minimum absolute atomic E-state index is 0.354. The number of nitrogens with one attached hydrogen (secondary N) is 1. The van der Waals surface area contributed by atoms with E-state index in [4.69, 9.17) is 5.11 Å². The van der Waals surface area contributed by atoms with Crippen LogP contribution in [0.1, 0.15) is 44.9 Å². The number of nitrogens with zero attached hydrogens (tertiary/aromatic N) is 1. The molecule has 0 aromatic carbocycles. The fourth-order valence-corrected chi connectivity index (χ4v) is 2.64. The maximum atomic E-state index is 8.72. The lowest BCUT2D eigenvalue weighted by Gasteiger charge is -2.32. The Labute approximate surface area is 106 Å². The lowest BCUT2D eigenvalue weighted by molar-refractivity contribution is 0.191. The molecule has 2 aliphatic rings. The van der Waals surface area contributed by atoms with Crippen molar-refractivity contribution in [2.24, 2.45) is 5.92 Å². The summed E-state index contributed by atoms with van der Waals surface area (Å²) < 4.78 is 0. The number of hydrogen-bond acceptors (Lipinski definition) is 3. The van der Waals surface area contributed by atoms with Crippen LogP contribution < -0.4 is 5.32 Å². The predicted molar refractivity (Wildman–Crippen MR) is 71.1 cm³/mol. The molecule has 0 bridgehead atoms. The Balaban J connectivity index is 1.48. The number of aliphatic hydroxyl groups excluding tert-OH is 1. The molecule has 2 rings (SSSR count). The number of rotatable bonds is 8. The maximum Gasteiger partial charge on any atom is 0.0431 e. The van der Waals surface area contributed by atoms with Gasteiger partial charge >= 0.3 is 0 Å². The summed E-state index contributed by atoms with van der Waals surface area (Å²) in [5.41, 5.74) is 0. The van der Waals surface area contributed by atoms with Crippen molar-refractivity contribution in [1.82, 2.24) is 10.2 Å². The molecular formula is C14H28N2O. The molecule has 1 saturated heterocycles. The molecule has 3 heteroatoms. The van der Waals surface area contributed by atoms with E-state index in [1.54, 1.807) is 0 Å². The van der Waals surface area contributed by atoms with Gasteiger partial charge in [0.2, 0.25) is 0 Å². The zero-order valence-electron chi connectivity index (χ0n) is 11.0. The highest BCUT2D eigenvalue weighted by atomic mass is 16.2. The van der Waals surface area contributed by atoms with E-state index in [9.17, 15) is 0 Å². The van der Waals surface area contributed by atoms with Gasteiger partial charge < -0.3 is 15.3 Å². The standard InChI is InChI=1S/C14H28N2O/c17-11-3-1-2-8-16-9-6-14(7-10-16)15-12-13-4-5-13/h13-15,17H,1-12H2. The molecule has 1 aliphatic heterocycles. The number of aliphatic hydroxyl groups is 1. The molecule has 1 aliphatic carbocycles. The highest BCUT2D eigenvalue weighted by molar-refractivity contribution is 4.81. The number of piperidine rings is 1. The Kier molecular flexibility index (Phi) is 5.75. The zero-order chi connectivity index (χ0) is 11.9. The first-order chi connectivity index (χ1) is 8.38. The predicted octanol–water partition coefficient (Wildman–Crippen LogP) is 1.61. The fraction of sp³-hybridized carbons (Fsp3) is 1.00. The molecule has 1 heterocycles. The van der Waals surface area contributed by atoms with Gasteiger partial charge in [-0.15, -0.1) is 0 Å². The van der Waals surface area contributed by atoms with Crippen molar-refractivity contribution in [2.45, 2.75) is 51.0 Å². The van der Waals surface area contributed by atoms with Crippen LogP contribution >= 0.6 is 0 Å². The topological polar surface area (TPSA) is 35.5 Å². The van der Waals surface area contributed by atoms with E-state index >= 15 is 0 Å². The summed E-state index contributed by atoms with van der Waals surface area (Å²) in [7, 11) is 0. The molecular weight excluding hydrogens is 212 g/mol. The van der Waals surface area contributed by atoms with E-state index in [2.05, 4.69) is 10.2 Å². The largest absolute Gasteiger partial charge is 0.396 e. The molecule has 0 radical (unpaired) electrons. The quantitative estimate of drug-likeness (QED) is 0.633. The van der Waals surface area contributed by atoms with Crippen LogP contribution in [0, 0.1) is 5.92 Å². The van der Waals surface area contributed by atoms with Crippen molar-refractivity contribution < 1.29 is 5.11 Å².